The molecule has 0 radical (unpaired) electrons. The van der Waals surface area contributed by atoms with Gasteiger partial charge in [-0.1, -0.05) is 36.2 Å². The third-order valence-electron chi connectivity index (χ3n) is 5.47. The molecule has 8 heteroatoms. The number of unbranched alkanes of at least 4 members (excludes halogenated alkanes) is 1. The number of likely N-dealkylation sites (N-methyl/N-ethyl adjacent to an activating group) is 1. The van der Waals surface area contributed by atoms with Gasteiger partial charge in [0.05, 0.1) is 5.69 Å². The lowest BCUT2D eigenvalue weighted by Crippen LogP contribution is -2.36. The highest BCUT2D eigenvalue weighted by Gasteiger charge is 2.39. The third kappa shape index (κ3) is 4.96. The summed E-state index contributed by atoms with van der Waals surface area (Å²) in [4.78, 5) is 16.8. The number of hydrogen-bond donors (Lipinski definition) is 1. The van der Waals surface area contributed by atoms with Crippen molar-refractivity contribution >= 4 is 37.5 Å². The summed E-state index contributed by atoms with van der Waals surface area (Å²) in [5.41, 5.74) is 1.49. The smallest absolute Gasteiger partial charge is 0.242 e. The lowest BCUT2D eigenvalue weighted by molar-refractivity contribution is -0.119. The summed E-state index contributed by atoms with van der Waals surface area (Å²) < 4.78 is 29.7. The summed E-state index contributed by atoms with van der Waals surface area (Å²) in [6.45, 7) is 7.72. The highest BCUT2D eigenvalue weighted by Crippen LogP contribution is 2.41. The molecule has 156 valence electrons. The molecule has 1 N–H and O–H groups in total. The minimum absolute atomic E-state index is 0.0641. The highest BCUT2D eigenvalue weighted by molar-refractivity contribution is 9.10. The lowest BCUT2D eigenvalue weighted by atomic mass is 10.2. The van der Waals surface area contributed by atoms with Crippen molar-refractivity contribution in [3.05, 3.63) is 22.2 Å². The molecule has 0 atom stereocenters. The van der Waals surface area contributed by atoms with E-state index in [1.807, 2.05) is 6.07 Å². The van der Waals surface area contributed by atoms with Crippen LogP contribution in [0.1, 0.15) is 45.1 Å². The first-order valence-electron chi connectivity index (χ1n) is 10.2. The Morgan fingerprint density at radius 2 is 2.04 bits per heavy atom. The maximum atomic E-state index is 13.1. The Morgan fingerprint density at radius 3 is 2.68 bits per heavy atom. The number of nitrogens with zero attached hydrogens (tertiary/aromatic N) is 2. The van der Waals surface area contributed by atoms with Crippen molar-refractivity contribution in [2.45, 2.75) is 50.8 Å². The van der Waals surface area contributed by atoms with Crippen LogP contribution >= 0.6 is 15.9 Å². The number of amides is 1. The molecule has 0 unspecified atom stereocenters. The number of sulfonamides is 1. The van der Waals surface area contributed by atoms with E-state index in [0.717, 1.165) is 48.8 Å². The van der Waals surface area contributed by atoms with E-state index in [9.17, 15) is 13.2 Å². The average molecular weight is 472 g/mol. The number of halogens is 1. The predicted octanol–water partition coefficient (Wildman–Crippen LogP) is 3.15. The van der Waals surface area contributed by atoms with E-state index < -0.39 is 10.0 Å². The van der Waals surface area contributed by atoms with E-state index in [4.69, 9.17) is 0 Å². The SMILES string of the molecule is CCCCN(CC)CCNS(=O)(=O)c1cc(Br)cc2c1N(C(=O)C1CC1)CC2. The van der Waals surface area contributed by atoms with Crippen molar-refractivity contribution < 1.29 is 13.2 Å². The topological polar surface area (TPSA) is 69.7 Å². The second kappa shape index (κ2) is 9.24. The van der Waals surface area contributed by atoms with E-state index in [0.29, 0.717) is 31.7 Å². The van der Waals surface area contributed by atoms with Gasteiger partial charge in [0.25, 0.3) is 0 Å². The monoisotopic (exact) mass is 471 g/mol. The molecule has 1 aromatic carbocycles. The van der Waals surface area contributed by atoms with Gasteiger partial charge in [-0.2, -0.15) is 0 Å². The van der Waals surface area contributed by atoms with Gasteiger partial charge in [0, 0.05) is 30.0 Å². The standard InChI is InChI=1S/C20H30BrN3O3S/c1-3-5-10-23(4-2)12-9-22-28(26,27)18-14-17(21)13-16-8-11-24(19(16)18)20(25)15-6-7-15/h13-15,22H,3-12H2,1-2H3. The van der Waals surface area contributed by atoms with Gasteiger partial charge in [0.1, 0.15) is 4.90 Å². The molecule has 1 aliphatic heterocycles. The molecular weight excluding hydrogens is 442 g/mol. The van der Waals surface area contributed by atoms with Gasteiger partial charge in [-0.25, -0.2) is 13.1 Å². The van der Waals surface area contributed by atoms with Crippen LogP contribution in [0.5, 0.6) is 0 Å². The zero-order valence-corrected chi connectivity index (χ0v) is 19.1. The molecule has 0 spiro atoms. The van der Waals surface area contributed by atoms with Crippen LogP contribution in [0.25, 0.3) is 0 Å². The second-order valence-electron chi connectivity index (χ2n) is 7.61. The molecule has 0 bridgehead atoms. The fourth-order valence-electron chi connectivity index (χ4n) is 3.67. The average Bonchev–Trinajstić information content (AvgIpc) is 3.43. The maximum absolute atomic E-state index is 13.1. The van der Waals surface area contributed by atoms with Crippen LogP contribution in [0.4, 0.5) is 5.69 Å². The summed E-state index contributed by atoms with van der Waals surface area (Å²) in [5.74, 6) is 0.129. The number of rotatable bonds is 10. The number of carbonyl (C=O) groups excluding carboxylic acids is 1. The molecule has 1 aromatic rings. The first kappa shape index (κ1) is 21.7. The predicted molar refractivity (Wildman–Crippen MR) is 115 cm³/mol. The van der Waals surface area contributed by atoms with Crippen molar-refractivity contribution in [2.75, 3.05) is 37.6 Å². The normalized spacial score (nSPS) is 16.6. The van der Waals surface area contributed by atoms with Crippen molar-refractivity contribution in [2.24, 2.45) is 5.92 Å². The number of nitrogens with one attached hydrogen (secondary N) is 1. The molecule has 1 aliphatic carbocycles. The van der Waals surface area contributed by atoms with Crippen molar-refractivity contribution in [3.8, 4) is 0 Å². The zero-order chi connectivity index (χ0) is 20.3. The second-order valence-corrected chi connectivity index (χ2v) is 10.3. The quantitative estimate of drug-likeness (QED) is 0.568. The summed E-state index contributed by atoms with van der Waals surface area (Å²) >= 11 is 3.43. The van der Waals surface area contributed by atoms with Crippen LogP contribution in [0.3, 0.4) is 0 Å². The summed E-state index contributed by atoms with van der Waals surface area (Å²) in [5, 5.41) is 0. The molecule has 6 nitrogen and oxygen atoms in total. The minimum atomic E-state index is -3.70. The fourth-order valence-corrected chi connectivity index (χ4v) is 5.62. The van der Waals surface area contributed by atoms with E-state index >= 15 is 0 Å². The van der Waals surface area contributed by atoms with Crippen LogP contribution in [-0.4, -0.2) is 51.9 Å². The molecule has 1 amide bonds. The molecule has 0 aromatic heterocycles. The first-order valence-corrected chi connectivity index (χ1v) is 12.5. The minimum Gasteiger partial charge on any atom is -0.310 e. The number of carbonyl (C=O) groups is 1. The van der Waals surface area contributed by atoms with Gasteiger partial charge >= 0.3 is 0 Å². The van der Waals surface area contributed by atoms with Crippen molar-refractivity contribution in [3.63, 3.8) is 0 Å². The Bertz CT molecular complexity index is 824. The summed E-state index contributed by atoms with van der Waals surface area (Å²) in [7, 11) is -3.70. The summed E-state index contributed by atoms with van der Waals surface area (Å²) in [6, 6.07) is 3.55. The molecule has 1 fully saturated rings. The highest BCUT2D eigenvalue weighted by atomic mass is 79.9. The number of benzene rings is 1. The Labute approximate surface area is 176 Å². The van der Waals surface area contributed by atoms with E-state index in [-0.39, 0.29) is 16.7 Å². The van der Waals surface area contributed by atoms with Gasteiger partial charge in [0.15, 0.2) is 0 Å². The maximum Gasteiger partial charge on any atom is 0.242 e. The Kier molecular flexibility index (Phi) is 7.17. The zero-order valence-electron chi connectivity index (χ0n) is 16.7. The summed E-state index contributed by atoms with van der Waals surface area (Å²) in [6.07, 6.45) is 4.74. The largest absolute Gasteiger partial charge is 0.310 e. The first-order chi connectivity index (χ1) is 13.4. The van der Waals surface area contributed by atoms with E-state index in [1.165, 1.54) is 0 Å². The van der Waals surface area contributed by atoms with Gasteiger partial charge in [-0.3, -0.25) is 4.79 Å². The van der Waals surface area contributed by atoms with Crippen LogP contribution in [0.2, 0.25) is 0 Å². The fraction of sp³-hybridized carbons (Fsp3) is 0.650. The Morgan fingerprint density at radius 1 is 1.29 bits per heavy atom. The van der Waals surface area contributed by atoms with E-state index in [1.54, 1.807) is 11.0 Å². The number of anilines is 1. The number of hydrogen-bond acceptors (Lipinski definition) is 4. The Hall–Kier alpha value is -0.960. The lowest BCUT2D eigenvalue weighted by Gasteiger charge is -2.22. The van der Waals surface area contributed by atoms with E-state index in [2.05, 4.69) is 39.4 Å². The molecule has 2 aliphatic rings. The Balaban J connectivity index is 1.77. The molecule has 3 rings (SSSR count). The van der Waals surface area contributed by atoms with Crippen LogP contribution in [-0.2, 0) is 21.2 Å². The van der Waals surface area contributed by atoms with Crippen molar-refractivity contribution in [1.29, 1.82) is 0 Å². The molecule has 1 saturated carbocycles. The van der Waals surface area contributed by atoms with Gasteiger partial charge in [-0.05, 0) is 56.5 Å². The van der Waals surface area contributed by atoms with Crippen LogP contribution < -0.4 is 9.62 Å². The molecular formula is C20H30BrN3O3S. The van der Waals surface area contributed by atoms with Gasteiger partial charge in [-0.15, -0.1) is 0 Å². The van der Waals surface area contributed by atoms with Gasteiger partial charge < -0.3 is 9.80 Å². The van der Waals surface area contributed by atoms with Crippen molar-refractivity contribution in [1.82, 2.24) is 9.62 Å². The van der Waals surface area contributed by atoms with Gasteiger partial charge in [0.2, 0.25) is 15.9 Å². The number of fused-ring (bicyclic) bond motifs is 1. The molecule has 0 saturated heterocycles. The molecule has 1 heterocycles. The van der Waals surface area contributed by atoms with Crippen LogP contribution in [0, 0.1) is 5.92 Å². The third-order valence-corrected chi connectivity index (χ3v) is 7.40. The molecule has 28 heavy (non-hydrogen) atoms. The van der Waals surface area contributed by atoms with Crippen LogP contribution in [0.15, 0.2) is 21.5 Å².